The van der Waals surface area contributed by atoms with E-state index >= 15 is 0 Å². The number of hydrogen-bond acceptors (Lipinski definition) is 1. The topological polar surface area (TPSA) is 3.24 Å². The van der Waals surface area contributed by atoms with Gasteiger partial charge in [-0.3, -0.25) is 4.90 Å². The molecule has 0 spiro atoms. The summed E-state index contributed by atoms with van der Waals surface area (Å²) < 4.78 is 0. The average Bonchev–Trinajstić information content (AvgIpc) is 2.01. The van der Waals surface area contributed by atoms with Crippen LogP contribution in [0.1, 0.15) is 48.0 Å². The Balaban J connectivity index is 4.37. The van der Waals surface area contributed by atoms with Crippen molar-refractivity contribution >= 4 is 0 Å². The van der Waals surface area contributed by atoms with E-state index < -0.39 is 0 Å². The first-order chi connectivity index (χ1) is 5.34. The van der Waals surface area contributed by atoms with E-state index in [4.69, 9.17) is 0 Å². The fourth-order valence-electron chi connectivity index (χ4n) is 1.51. The fraction of sp³-hybridized carbons (Fsp3) is 1.00. The van der Waals surface area contributed by atoms with Crippen molar-refractivity contribution in [3.05, 3.63) is 0 Å². The van der Waals surface area contributed by atoms with Gasteiger partial charge in [0.05, 0.1) is 0 Å². The van der Waals surface area contributed by atoms with Crippen LogP contribution in [0, 0.1) is 5.92 Å². The quantitative estimate of drug-likeness (QED) is 0.628. The highest BCUT2D eigenvalue weighted by molar-refractivity contribution is 4.85. The van der Waals surface area contributed by atoms with Gasteiger partial charge in [0.15, 0.2) is 0 Å². The van der Waals surface area contributed by atoms with Gasteiger partial charge in [-0.15, -0.1) is 0 Å². The van der Waals surface area contributed by atoms with Crippen LogP contribution in [0.2, 0.25) is 0 Å². The number of rotatable bonds is 4. The first kappa shape index (κ1) is 12.0. The van der Waals surface area contributed by atoms with E-state index in [9.17, 15) is 0 Å². The molecule has 0 aromatic carbocycles. The summed E-state index contributed by atoms with van der Waals surface area (Å²) in [6, 6.07) is 0.633. The lowest BCUT2D eigenvalue weighted by Gasteiger charge is -2.43. The molecular formula is C11H25N. The van der Waals surface area contributed by atoms with Gasteiger partial charge < -0.3 is 0 Å². The van der Waals surface area contributed by atoms with Crippen LogP contribution in [-0.4, -0.2) is 23.5 Å². The maximum Gasteiger partial charge on any atom is 0.0178 e. The Labute approximate surface area is 78.1 Å². The molecule has 0 aliphatic rings. The minimum Gasteiger partial charge on any atom is -0.299 e. The van der Waals surface area contributed by atoms with Crippen molar-refractivity contribution in [2.45, 2.75) is 59.5 Å². The van der Waals surface area contributed by atoms with Crippen LogP contribution >= 0.6 is 0 Å². The molecule has 0 bridgehead atoms. The Morgan fingerprint density at radius 1 is 1.17 bits per heavy atom. The molecule has 1 heteroatoms. The Morgan fingerprint density at radius 2 is 1.58 bits per heavy atom. The highest BCUT2D eigenvalue weighted by Crippen LogP contribution is 2.26. The Kier molecular flexibility index (Phi) is 4.25. The van der Waals surface area contributed by atoms with Crippen molar-refractivity contribution < 1.29 is 0 Å². The lowest BCUT2D eigenvalue weighted by molar-refractivity contribution is 0.0665. The molecule has 12 heavy (non-hydrogen) atoms. The lowest BCUT2D eigenvalue weighted by Crippen LogP contribution is -2.49. The Hall–Kier alpha value is -0.0400. The molecule has 0 radical (unpaired) electrons. The predicted molar refractivity (Wildman–Crippen MR) is 56.4 cm³/mol. The second-order valence-electron chi connectivity index (χ2n) is 4.67. The number of hydrogen-bond donors (Lipinski definition) is 0. The van der Waals surface area contributed by atoms with Crippen molar-refractivity contribution in [3.8, 4) is 0 Å². The maximum absolute atomic E-state index is 2.46. The highest BCUT2D eigenvalue weighted by Gasteiger charge is 2.30. The normalized spacial score (nSPS) is 15.8. The molecule has 0 aromatic heterocycles. The Bertz CT molecular complexity index is 127. The third-order valence-corrected chi connectivity index (χ3v) is 3.50. The second-order valence-corrected chi connectivity index (χ2v) is 4.67. The van der Waals surface area contributed by atoms with Gasteiger partial charge >= 0.3 is 0 Å². The first-order valence-corrected chi connectivity index (χ1v) is 5.07. The summed E-state index contributed by atoms with van der Waals surface area (Å²) >= 11 is 0. The zero-order valence-electron chi connectivity index (χ0n) is 9.81. The largest absolute Gasteiger partial charge is 0.299 e. The minimum absolute atomic E-state index is 0.322. The van der Waals surface area contributed by atoms with Gasteiger partial charge in [-0.05, 0) is 40.7 Å². The van der Waals surface area contributed by atoms with Crippen molar-refractivity contribution in [1.29, 1.82) is 0 Å². The van der Waals surface area contributed by atoms with Crippen LogP contribution in [0.4, 0.5) is 0 Å². The summed E-state index contributed by atoms with van der Waals surface area (Å²) in [7, 11) is 2.22. The average molecular weight is 171 g/mol. The fourth-order valence-corrected chi connectivity index (χ4v) is 1.51. The number of nitrogens with zero attached hydrogens (tertiary/aromatic N) is 1. The molecule has 0 aliphatic carbocycles. The summed E-state index contributed by atoms with van der Waals surface area (Å²) in [5, 5.41) is 0. The van der Waals surface area contributed by atoms with Crippen LogP contribution in [0.15, 0.2) is 0 Å². The lowest BCUT2D eigenvalue weighted by atomic mass is 9.85. The van der Waals surface area contributed by atoms with Crippen molar-refractivity contribution in [1.82, 2.24) is 4.90 Å². The van der Waals surface area contributed by atoms with Crippen LogP contribution in [0.25, 0.3) is 0 Å². The SMILES string of the molecule is CCC(C)C(C)(C)N(C)C(C)C. The van der Waals surface area contributed by atoms with Crippen LogP contribution in [0.5, 0.6) is 0 Å². The third kappa shape index (κ3) is 2.48. The molecule has 0 saturated carbocycles. The molecule has 0 N–H and O–H groups in total. The summed E-state index contributed by atoms with van der Waals surface area (Å²) in [6.45, 7) is 13.8. The molecule has 74 valence electrons. The monoisotopic (exact) mass is 171 g/mol. The third-order valence-electron chi connectivity index (χ3n) is 3.50. The van der Waals surface area contributed by atoms with Crippen molar-refractivity contribution in [3.63, 3.8) is 0 Å². The standard InChI is InChI=1S/C11H25N/c1-8-10(4)11(5,6)12(7)9(2)3/h9-10H,8H2,1-7H3. The van der Waals surface area contributed by atoms with Gasteiger partial charge in [0, 0.05) is 11.6 Å². The van der Waals surface area contributed by atoms with E-state index in [2.05, 4.69) is 53.5 Å². The van der Waals surface area contributed by atoms with Crippen molar-refractivity contribution in [2.24, 2.45) is 5.92 Å². The summed E-state index contributed by atoms with van der Waals surface area (Å²) in [4.78, 5) is 2.46. The van der Waals surface area contributed by atoms with Gasteiger partial charge in [-0.25, -0.2) is 0 Å². The molecule has 0 rings (SSSR count). The molecule has 0 heterocycles. The van der Waals surface area contributed by atoms with Crippen LogP contribution in [0.3, 0.4) is 0 Å². The molecule has 0 saturated heterocycles. The van der Waals surface area contributed by atoms with Crippen molar-refractivity contribution in [2.75, 3.05) is 7.05 Å². The van der Waals surface area contributed by atoms with E-state index in [1.165, 1.54) is 6.42 Å². The summed E-state index contributed by atoms with van der Waals surface area (Å²) in [5.41, 5.74) is 0.322. The van der Waals surface area contributed by atoms with Crippen LogP contribution < -0.4 is 0 Å². The minimum atomic E-state index is 0.322. The maximum atomic E-state index is 2.46. The summed E-state index contributed by atoms with van der Waals surface area (Å²) in [6.07, 6.45) is 1.25. The molecular weight excluding hydrogens is 146 g/mol. The second kappa shape index (κ2) is 4.27. The van der Waals surface area contributed by atoms with Gasteiger partial charge in [0.1, 0.15) is 0 Å². The first-order valence-electron chi connectivity index (χ1n) is 5.07. The molecule has 0 aliphatic heterocycles. The smallest absolute Gasteiger partial charge is 0.0178 e. The van der Waals surface area contributed by atoms with E-state index in [-0.39, 0.29) is 0 Å². The van der Waals surface area contributed by atoms with Gasteiger partial charge in [-0.2, -0.15) is 0 Å². The van der Waals surface area contributed by atoms with Gasteiger partial charge in [-0.1, -0.05) is 20.3 Å². The van der Waals surface area contributed by atoms with E-state index in [0.717, 1.165) is 5.92 Å². The van der Waals surface area contributed by atoms with E-state index in [1.54, 1.807) is 0 Å². The molecule has 1 atom stereocenters. The Morgan fingerprint density at radius 3 is 1.83 bits per heavy atom. The van der Waals surface area contributed by atoms with Gasteiger partial charge in [0.25, 0.3) is 0 Å². The zero-order chi connectivity index (χ0) is 9.94. The molecule has 1 unspecified atom stereocenters. The van der Waals surface area contributed by atoms with Crippen LogP contribution in [-0.2, 0) is 0 Å². The predicted octanol–water partition coefficient (Wildman–Crippen LogP) is 3.15. The zero-order valence-corrected chi connectivity index (χ0v) is 9.81. The molecule has 0 fully saturated rings. The highest BCUT2D eigenvalue weighted by atomic mass is 15.2. The van der Waals surface area contributed by atoms with E-state index in [1.807, 2.05) is 0 Å². The van der Waals surface area contributed by atoms with Gasteiger partial charge in [0.2, 0.25) is 0 Å². The van der Waals surface area contributed by atoms with E-state index in [0.29, 0.717) is 11.6 Å². The summed E-state index contributed by atoms with van der Waals surface area (Å²) in [5.74, 6) is 0.755. The molecule has 0 amide bonds. The molecule has 0 aromatic rings. The molecule has 1 nitrogen and oxygen atoms in total.